The van der Waals surface area contributed by atoms with Gasteiger partial charge in [0.05, 0.1) is 7.11 Å². The average molecular weight is 185 g/mol. The number of rotatable bonds is 1. The summed E-state index contributed by atoms with van der Waals surface area (Å²) in [5.41, 5.74) is 0. The molecule has 7 heteroatoms. The van der Waals surface area contributed by atoms with Crippen LogP contribution in [0.5, 0.6) is 0 Å². The fourth-order valence-corrected chi connectivity index (χ4v) is 0.588. The summed E-state index contributed by atoms with van der Waals surface area (Å²) in [6.45, 7) is 1.56. The van der Waals surface area contributed by atoms with Crippen molar-refractivity contribution in [2.45, 2.75) is 6.92 Å². The van der Waals surface area contributed by atoms with E-state index in [2.05, 4.69) is 20.3 Å². The van der Waals surface area contributed by atoms with Crippen LogP contribution >= 0.6 is 0 Å². The normalized spacial score (nSPS) is 9.38. The Morgan fingerprint density at radius 2 is 2.15 bits per heavy atom. The van der Waals surface area contributed by atoms with Crippen molar-refractivity contribution in [1.82, 2.24) is 10.2 Å². The third kappa shape index (κ3) is 2.26. The number of nitrogens with one attached hydrogen (secondary N) is 1. The summed E-state index contributed by atoms with van der Waals surface area (Å²) in [5.74, 6) is -1.68. The third-order valence-electron chi connectivity index (χ3n) is 1.12. The first kappa shape index (κ1) is 9.17. The van der Waals surface area contributed by atoms with Crippen molar-refractivity contribution in [3.05, 3.63) is 5.89 Å². The number of ether oxygens (including phenoxy) is 1. The second-order valence-electron chi connectivity index (χ2n) is 2.07. The van der Waals surface area contributed by atoms with Crippen molar-refractivity contribution >= 4 is 17.9 Å². The van der Waals surface area contributed by atoms with E-state index in [1.54, 1.807) is 6.92 Å². The third-order valence-corrected chi connectivity index (χ3v) is 1.12. The number of aromatic nitrogens is 2. The number of anilines is 1. The number of nitrogens with zero attached hydrogens (tertiary/aromatic N) is 2. The Kier molecular flexibility index (Phi) is 2.58. The zero-order chi connectivity index (χ0) is 9.84. The molecular formula is C6H7N3O4. The minimum absolute atomic E-state index is 0.132. The van der Waals surface area contributed by atoms with Crippen LogP contribution in [-0.4, -0.2) is 29.2 Å². The molecule has 13 heavy (non-hydrogen) atoms. The van der Waals surface area contributed by atoms with Crippen LogP contribution in [-0.2, 0) is 14.3 Å². The first-order valence-corrected chi connectivity index (χ1v) is 3.33. The fourth-order valence-electron chi connectivity index (χ4n) is 0.588. The molecule has 1 aromatic rings. The number of aryl methyl sites for hydroxylation is 1. The molecule has 0 bridgehead atoms. The molecule has 0 aromatic carbocycles. The summed E-state index contributed by atoms with van der Waals surface area (Å²) in [4.78, 5) is 21.4. The van der Waals surface area contributed by atoms with E-state index in [1.807, 2.05) is 0 Å². The van der Waals surface area contributed by atoms with E-state index in [9.17, 15) is 9.59 Å². The first-order valence-electron chi connectivity index (χ1n) is 3.33. The summed E-state index contributed by atoms with van der Waals surface area (Å²) in [5, 5.41) is 8.95. The molecule has 0 atom stereocenters. The van der Waals surface area contributed by atoms with Crippen LogP contribution < -0.4 is 5.32 Å². The van der Waals surface area contributed by atoms with Crippen molar-refractivity contribution in [2.24, 2.45) is 0 Å². The molecule has 70 valence electrons. The van der Waals surface area contributed by atoms with E-state index in [0.717, 1.165) is 7.11 Å². The number of hydrogen-bond acceptors (Lipinski definition) is 6. The van der Waals surface area contributed by atoms with Gasteiger partial charge in [-0.25, -0.2) is 4.79 Å². The maximum Gasteiger partial charge on any atom is 0.397 e. The Bertz CT molecular complexity index is 332. The Balaban J connectivity index is 2.60. The second kappa shape index (κ2) is 3.65. The van der Waals surface area contributed by atoms with Crippen LogP contribution in [0, 0.1) is 6.92 Å². The number of esters is 1. The molecule has 0 saturated carbocycles. The number of methoxy groups -OCH3 is 1. The Morgan fingerprint density at radius 1 is 1.46 bits per heavy atom. The molecule has 1 N–H and O–H groups in total. The molecular weight excluding hydrogens is 178 g/mol. The maximum atomic E-state index is 10.8. The lowest BCUT2D eigenvalue weighted by Crippen LogP contribution is -2.23. The van der Waals surface area contributed by atoms with Crippen LogP contribution in [0.2, 0.25) is 0 Å². The van der Waals surface area contributed by atoms with E-state index in [1.165, 1.54) is 0 Å². The van der Waals surface area contributed by atoms with Crippen molar-refractivity contribution in [3.8, 4) is 0 Å². The van der Waals surface area contributed by atoms with Crippen LogP contribution in [0.15, 0.2) is 4.42 Å². The molecule has 7 nitrogen and oxygen atoms in total. The minimum Gasteiger partial charge on any atom is -0.462 e. The topological polar surface area (TPSA) is 94.3 Å². The van der Waals surface area contributed by atoms with Crippen LogP contribution in [0.3, 0.4) is 0 Å². The second-order valence-corrected chi connectivity index (χ2v) is 2.07. The number of hydrogen-bond donors (Lipinski definition) is 1. The summed E-state index contributed by atoms with van der Waals surface area (Å²) in [7, 11) is 1.10. The summed E-state index contributed by atoms with van der Waals surface area (Å²) in [6.07, 6.45) is 0. The van der Waals surface area contributed by atoms with E-state index in [-0.39, 0.29) is 6.01 Å². The van der Waals surface area contributed by atoms with Gasteiger partial charge in [-0.05, 0) is 0 Å². The molecule has 0 unspecified atom stereocenters. The maximum absolute atomic E-state index is 10.8. The van der Waals surface area contributed by atoms with Crippen molar-refractivity contribution in [2.75, 3.05) is 12.4 Å². The van der Waals surface area contributed by atoms with Gasteiger partial charge in [-0.3, -0.25) is 10.1 Å². The van der Waals surface area contributed by atoms with Gasteiger partial charge in [-0.15, -0.1) is 5.10 Å². The van der Waals surface area contributed by atoms with Crippen molar-refractivity contribution in [1.29, 1.82) is 0 Å². The highest BCUT2D eigenvalue weighted by Crippen LogP contribution is 2.02. The Labute approximate surface area is 73.1 Å². The SMILES string of the molecule is COC(=O)C(=O)Nc1nnc(C)o1. The molecule has 1 aromatic heterocycles. The van der Waals surface area contributed by atoms with E-state index < -0.39 is 11.9 Å². The Hall–Kier alpha value is -1.92. The highest BCUT2D eigenvalue weighted by Gasteiger charge is 2.16. The van der Waals surface area contributed by atoms with Gasteiger partial charge >= 0.3 is 17.9 Å². The average Bonchev–Trinajstić information content (AvgIpc) is 2.49. The number of amides is 1. The number of carbonyl (C=O) groups is 2. The molecule has 1 amide bonds. The molecule has 0 aliphatic rings. The predicted octanol–water partition coefficient (Wildman–Crippen LogP) is -0.510. The van der Waals surface area contributed by atoms with Crippen LogP contribution in [0.4, 0.5) is 6.01 Å². The molecule has 0 saturated heterocycles. The van der Waals surface area contributed by atoms with Gasteiger partial charge in [0.15, 0.2) is 0 Å². The van der Waals surface area contributed by atoms with Gasteiger partial charge < -0.3 is 9.15 Å². The predicted molar refractivity (Wildman–Crippen MR) is 39.7 cm³/mol. The quantitative estimate of drug-likeness (QED) is 0.467. The van der Waals surface area contributed by atoms with Gasteiger partial charge in [0, 0.05) is 6.92 Å². The smallest absolute Gasteiger partial charge is 0.397 e. The largest absolute Gasteiger partial charge is 0.462 e. The van der Waals surface area contributed by atoms with Crippen LogP contribution in [0.1, 0.15) is 5.89 Å². The van der Waals surface area contributed by atoms with Crippen LogP contribution in [0.25, 0.3) is 0 Å². The van der Waals surface area contributed by atoms with Gasteiger partial charge in [0.25, 0.3) is 0 Å². The van der Waals surface area contributed by atoms with E-state index in [4.69, 9.17) is 4.42 Å². The fraction of sp³-hybridized carbons (Fsp3) is 0.333. The molecule has 0 aliphatic heterocycles. The molecule has 0 aliphatic carbocycles. The minimum atomic E-state index is -1.02. The van der Waals surface area contributed by atoms with E-state index >= 15 is 0 Å². The lowest BCUT2D eigenvalue weighted by atomic mass is 10.6. The molecule has 1 heterocycles. The highest BCUT2D eigenvalue weighted by atomic mass is 16.5. The number of carbonyl (C=O) groups excluding carboxylic acids is 2. The van der Waals surface area contributed by atoms with Crippen molar-refractivity contribution < 1.29 is 18.7 Å². The van der Waals surface area contributed by atoms with Gasteiger partial charge in [0.1, 0.15) is 0 Å². The lowest BCUT2D eigenvalue weighted by molar-refractivity contribution is -0.150. The molecule has 0 radical (unpaired) electrons. The first-order chi connectivity index (χ1) is 6.13. The highest BCUT2D eigenvalue weighted by molar-refractivity contribution is 6.36. The van der Waals surface area contributed by atoms with Gasteiger partial charge in [0.2, 0.25) is 5.89 Å². The summed E-state index contributed by atoms with van der Waals surface area (Å²) >= 11 is 0. The summed E-state index contributed by atoms with van der Waals surface area (Å²) in [6, 6.07) is -0.132. The van der Waals surface area contributed by atoms with Crippen molar-refractivity contribution in [3.63, 3.8) is 0 Å². The monoisotopic (exact) mass is 185 g/mol. The Morgan fingerprint density at radius 3 is 2.62 bits per heavy atom. The van der Waals surface area contributed by atoms with Gasteiger partial charge in [-0.2, -0.15) is 0 Å². The molecule has 0 spiro atoms. The van der Waals surface area contributed by atoms with Gasteiger partial charge in [-0.1, -0.05) is 5.10 Å². The zero-order valence-corrected chi connectivity index (χ0v) is 7.03. The molecule has 1 rings (SSSR count). The zero-order valence-electron chi connectivity index (χ0n) is 7.03. The lowest BCUT2D eigenvalue weighted by Gasteiger charge is -1.96. The summed E-state index contributed by atoms with van der Waals surface area (Å²) < 4.78 is 8.94. The molecule has 0 fully saturated rings. The van der Waals surface area contributed by atoms with E-state index in [0.29, 0.717) is 5.89 Å². The standard InChI is InChI=1S/C6H7N3O4/c1-3-8-9-6(13-3)7-4(10)5(11)12-2/h1-2H3,(H,7,9,10).